The molecule has 2 saturated carbocycles. The lowest BCUT2D eigenvalue weighted by Gasteiger charge is -2.41. The third-order valence-electron chi connectivity index (χ3n) is 5.06. The Labute approximate surface area is 98.4 Å². The van der Waals surface area contributed by atoms with Crippen LogP contribution in [-0.2, 0) is 4.79 Å². The topological polar surface area (TPSA) is 37.3 Å². The second kappa shape index (κ2) is 4.77. The largest absolute Gasteiger partial charge is 0.481 e. The standard InChI is InChI=1S/C14H24O2/c1-2-11-7-3-4-8-12(11)14(13(15)16)9-5-6-10-14/h11-12H,2-10H2,1H3,(H,15,16). The van der Waals surface area contributed by atoms with Crippen LogP contribution in [0.3, 0.4) is 0 Å². The van der Waals surface area contributed by atoms with Gasteiger partial charge in [0.25, 0.3) is 0 Å². The second-order valence-corrected chi connectivity index (χ2v) is 5.73. The number of rotatable bonds is 3. The maximum atomic E-state index is 11.7. The van der Waals surface area contributed by atoms with Crippen LogP contribution in [0, 0.1) is 17.3 Å². The minimum Gasteiger partial charge on any atom is -0.481 e. The predicted octanol–water partition coefficient (Wildman–Crippen LogP) is 3.85. The van der Waals surface area contributed by atoms with Gasteiger partial charge in [0.05, 0.1) is 5.41 Å². The minimum atomic E-state index is -0.504. The highest BCUT2D eigenvalue weighted by Crippen LogP contribution is 2.52. The average molecular weight is 224 g/mol. The molecule has 2 nitrogen and oxygen atoms in total. The number of carboxylic acid groups (broad SMARTS) is 1. The van der Waals surface area contributed by atoms with Crippen LogP contribution in [-0.4, -0.2) is 11.1 Å². The molecule has 2 aliphatic carbocycles. The molecule has 2 rings (SSSR count). The SMILES string of the molecule is CCC1CCCCC1C1(C(=O)O)CCCC1. The Kier molecular flexibility index (Phi) is 3.56. The summed E-state index contributed by atoms with van der Waals surface area (Å²) in [5.41, 5.74) is -0.346. The van der Waals surface area contributed by atoms with Gasteiger partial charge in [0.1, 0.15) is 0 Å². The molecule has 0 aromatic carbocycles. The fourth-order valence-electron chi connectivity index (χ4n) is 4.17. The monoisotopic (exact) mass is 224 g/mol. The van der Waals surface area contributed by atoms with Crippen molar-refractivity contribution in [2.45, 2.75) is 64.7 Å². The van der Waals surface area contributed by atoms with E-state index in [1.807, 2.05) is 0 Å². The van der Waals surface area contributed by atoms with Crippen molar-refractivity contribution in [3.05, 3.63) is 0 Å². The molecule has 0 aliphatic heterocycles. The Hall–Kier alpha value is -0.530. The van der Waals surface area contributed by atoms with Crippen LogP contribution >= 0.6 is 0 Å². The number of carboxylic acids is 1. The summed E-state index contributed by atoms with van der Waals surface area (Å²) in [6.45, 7) is 2.23. The lowest BCUT2D eigenvalue weighted by Crippen LogP contribution is -2.41. The zero-order chi connectivity index (χ0) is 11.6. The molecule has 1 N–H and O–H groups in total. The Morgan fingerprint density at radius 1 is 1.19 bits per heavy atom. The van der Waals surface area contributed by atoms with Gasteiger partial charge >= 0.3 is 5.97 Å². The molecule has 0 heterocycles. The molecule has 2 atom stereocenters. The number of hydrogen-bond donors (Lipinski definition) is 1. The lowest BCUT2D eigenvalue weighted by molar-refractivity contribution is -0.155. The summed E-state index contributed by atoms with van der Waals surface area (Å²) in [5.74, 6) is 0.629. The average Bonchev–Trinajstić information content (AvgIpc) is 2.79. The number of carbonyl (C=O) groups is 1. The fraction of sp³-hybridized carbons (Fsp3) is 0.929. The highest BCUT2D eigenvalue weighted by Gasteiger charge is 2.50. The first-order valence-electron chi connectivity index (χ1n) is 6.94. The molecular weight excluding hydrogens is 200 g/mol. The van der Waals surface area contributed by atoms with E-state index in [4.69, 9.17) is 0 Å². The first kappa shape index (κ1) is 11.9. The Balaban J connectivity index is 2.20. The molecule has 16 heavy (non-hydrogen) atoms. The van der Waals surface area contributed by atoms with Gasteiger partial charge < -0.3 is 5.11 Å². The molecule has 92 valence electrons. The third kappa shape index (κ3) is 1.87. The Morgan fingerprint density at radius 2 is 1.81 bits per heavy atom. The maximum absolute atomic E-state index is 11.7. The van der Waals surface area contributed by atoms with Crippen molar-refractivity contribution < 1.29 is 9.90 Å². The highest BCUT2D eigenvalue weighted by molar-refractivity contribution is 5.75. The van der Waals surface area contributed by atoms with Crippen molar-refractivity contribution in [2.75, 3.05) is 0 Å². The molecule has 0 spiro atoms. The summed E-state index contributed by atoms with van der Waals surface area (Å²) in [6, 6.07) is 0. The van der Waals surface area contributed by atoms with Gasteiger partial charge in [-0.1, -0.05) is 45.4 Å². The van der Waals surface area contributed by atoms with Crippen molar-refractivity contribution in [2.24, 2.45) is 17.3 Å². The molecule has 0 aromatic heterocycles. The molecular formula is C14H24O2. The van der Waals surface area contributed by atoms with Crippen molar-refractivity contribution in [1.82, 2.24) is 0 Å². The zero-order valence-electron chi connectivity index (χ0n) is 10.4. The van der Waals surface area contributed by atoms with Crippen LogP contribution in [0.1, 0.15) is 64.7 Å². The second-order valence-electron chi connectivity index (χ2n) is 5.73. The summed E-state index contributed by atoms with van der Waals surface area (Å²) in [4.78, 5) is 11.7. The predicted molar refractivity (Wildman–Crippen MR) is 64.3 cm³/mol. The molecule has 0 radical (unpaired) electrons. The lowest BCUT2D eigenvalue weighted by atomic mass is 9.62. The molecule has 0 bridgehead atoms. The third-order valence-corrected chi connectivity index (χ3v) is 5.06. The fourth-order valence-corrected chi connectivity index (χ4v) is 4.17. The first-order chi connectivity index (χ1) is 7.70. The van der Waals surface area contributed by atoms with E-state index in [0.717, 1.165) is 32.1 Å². The van der Waals surface area contributed by atoms with Gasteiger partial charge in [-0.15, -0.1) is 0 Å². The van der Waals surface area contributed by atoms with E-state index in [-0.39, 0.29) is 5.41 Å². The van der Waals surface area contributed by atoms with Crippen LogP contribution in [0.5, 0.6) is 0 Å². The van der Waals surface area contributed by atoms with Crippen LogP contribution < -0.4 is 0 Å². The van der Waals surface area contributed by atoms with Gasteiger partial charge in [-0.2, -0.15) is 0 Å². The highest BCUT2D eigenvalue weighted by atomic mass is 16.4. The molecule has 2 fully saturated rings. The summed E-state index contributed by atoms with van der Waals surface area (Å²) in [6.07, 6.45) is 10.3. The minimum absolute atomic E-state index is 0.346. The van der Waals surface area contributed by atoms with Gasteiger partial charge in [-0.3, -0.25) is 4.79 Å². The van der Waals surface area contributed by atoms with E-state index in [1.165, 1.54) is 25.7 Å². The normalized spacial score (nSPS) is 33.8. The van der Waals surface area contributed by atoms with Crippen molar-refractivity contribution in [3.63, 3.8) is 0 Å². The molecule has 0 aromatic rings. The molecule has 2 unspecified atom stereocenters. The van der Waals surface area contributed by atoms with Gasteiger partial charge in [-0.05, 0) is 31.1 Å². The van der Waals surface area contributed by atoms with Crippen LogP contribution in [0.15, 0.2) is 0 Å². The molecule has 0 amide bonds. The van der Waals surface area contributed by atoms with E-state index < -0.39 is 5.97 Å². The summed E-state index contributed by atoms with van der Waals surface area (Å²) >= 11 is 0. The van der Waals surface area contributed by atoms with Crippen LogP contribution in [0.4, 0.5) is 0 Å². The van der Waals surface area contributed by atoms with Crippen LogP contribution in [0.25, 0.3) is 0 Å². The zero-order valence-corrected chi connectivity index (χ0v) is 10.4. The van der Waals surface area contributed by atoms with E-state index in [1.54, 1.807) is 0 Å². The van der Waals surface area contributed by atoms with E-state index in [2.05, 4.69) is 6.92 Å². The molecule has 2 aliphatic rings. The summed E-state index contributed by atoms with van der Waals surface area (Å²) in [5, 5.41) is 9.63. The van der Waals surface area contributed by atoms with Crippen molar-refractivity contribution >= 4 is 5.97 Å². The van der Waals surface area contributed by atoms with Gasteiger partial charge in [0, 0.05) is 0 Å². The van der Waals surface area contributed by atoms with Crippen molar-refractivity contribution in [3.8, 4) is 0 Å². The van der Waals surface area contributed by atoms with Gasteiger partial charge in [0.15, 0.2) is 0 Å². The van der Waals surface area contributed by atoms with Gasteiger partial charge in [0.2, 0.25) is 0 Å². The first-order valence-corrected chi connectivity index (χ1v) is 6.94. The summed E-state index contributed by atoms with van der Waals surface area (Å²) in [7, 11) is 0. The van der Waals surface area contributed by atoms with Gasteiger partial charge in [-0.25, -0.2) is 0 Å². The summed E-state index contributed by atoms with van der Waals surface area (Å²) < 4.78 is 0. The maximum Gasteiger partial charge on any atom is 0.309 e. The smallest absolute Gasteiger partial charge is 0.309 e. The van der Waals surface area contributed by atoms with E-state index in [9.17, 15) is 9.90 Å². The van der Waals surface area contributed by atoms with Crippen molar-refractivity contribution in [1.29, 1.82) is 0 Å². The Morgan fingerprint density at radius 3 is 2.38 bits per heavy atom. The van der Waals surface area contributed by atoms with E-state index in [0.29, 0.717) is 11.8 Å². The Bertz CT molecular complexity index is 253. The molecule has 0 saturated heterocycles. The van der Waals surface area contributed by atoms with Crippen LogP contribution in [0.2, 0.25) is 0 Å². The number of aliphatic carboxylic acids is 1. The number of hydrogen-bond acceptors (Lipinski definition) is 1. The molecule has 2 heteroatoms. The van der Waals surface area contributed by atoms with E-state index >= 15 is 0 Å². The quantitative estimate of drug-likeness (QED) is 0.790.